The van der Waals surface area contributed by atoms with Crippen LogP contribution in [0.2, 0.25) is 0 Å². The van der Waals surface area contributed by atoms with Crippen molar-refractivity contribution in [1.29, 1.82) is 0 Å². The van der Waals surface area contributed by atoms with Gasteiger partial charge in [-0.2, -0.15) is 0 Å². The van der Waals surface area contributed by atoms with Crippen molar-refractivity contribution in [2.75, 3.05) is 0 Å². The fourth-order valence-corrected chi connectivity index (χ4v) is 2.73. The molecule has 0 bridgehead atoms. The van der Waals surface area contributed by atoms with E-state index in [2.05, 4.69) is 15.9 Å². The minimum Gasteiger partial charge on any atom is -0.350 e. The lowest BCUT2D eigenvalue weighted by Gasteiger charge is -2.08. The van der Waals surface area contributed by atoms with E-state index in [1.54, 1.807) is 35.9 Å². The van der Waals surface area contributed by atoms with Gasteiger partial charge in [0, 0.05) is 29.7 Å². The molecule has 6 heteroatoms. The summed E-state index contributed by atoms with van der Waals surface area (Å²) in [6, 6.07) is 6.84. The van der Waals surface area contributed by atoms with Crippen molar-refractivity contribution < 1.29 is 17.6 Å². The Morgan fingerprint density at radius 2 is 1.48 bits per heavy atom. The van der Waals surface area contributed by atoms with Crippen molar-refractivity contribution in [3.63, 3.8) is 0 Å². The van der Waals surface area contributed by atoms with E-state index in [4.69, 9.17) is 0 Å². The summed E-state index contributed by atoms with van der Waals surface area (Å²) in [4.78, 5) is 0. The minimum atomic E-state index is -1.45. The number of benzene rings is 2. The number of aryl methyl sites for hydroxylation is 1. The van der Waals surface area contributed by atoms with Crippen LogP contribution < -0.4 is 0 Å². The number of rotatable bonds is 1. The van der Waals surface area contributed by atoms with Gasteiger partial charge in [-0.05, 0) is 22.0 Å². The van der Waals surface area contributed by atoms with Gasteiger partial charge in [0.1, 0.15) is 0 Å². The summed E-state index contributed by atoms with van der Waals surface area (Å²) in [5, 5.41) is 0.513. The van der Waals surface area contributed by atoms with Crippen LogP contribution in [0.25, 0.3) is 22.0 Å². The molecule has 0 spiro atoms. The Morgan fingerprint density at radius 1 is 0.905 bits per heavy atom. The van der Waals surface area contributed by atoms with Crippen molar-refractivity contribution >= 4 is 26.8 Å². The summed E-state index contributed by atoms with van der Waals surface area (Å²) in [6.07, 6.45) is 1.44. The molecule has 108 valence electrons. The highest BCUT2D eigenvalue weighted by Gasteiger charge is 2.26. The van der Waals surface area contributed by atoms with Gasteiger partial charge in [0.15, 0.2) is 23.3 Å². The second kappa shape index (κ2) is 4.87. The molecular weight excluding hydrogens is 350 g/mol. The van der Waals surface area contributed by atoms with E-state index in [0.717, 1.165) is 0 Å². The molecule has 2 aromatic carbocycles. The molecule has 0 amide bonds. The van der Waals surface area contributed by atoms with Gasteiger partial charge >= 0.3 is 0 Å². The summed E-state index contributed by atoms with van der Waals surface area (Å²) in [5.74, 6) is -5.73. The van der Waals surface area contributed by atoms with Crippen molar-refractivity contribution in [3.05, 3.63) is 58.2 Å². The van der Waals surface area contributed by atoms with Crippen molar-refractivity contribution in [3.8, 4) is 11.1 Å². The third-order valence-corrected chi connectivity index (χ3v) is 4.07. The molecule has 0 saturated carbocycles. The largest absolute Gasteiger partial charge is 0.350 e. The smallest absolute Gasteiger partial charge is 0.176 e. The van der Waals surface area contributed by atoms with Gasteiger partial charge in [-0.3, -0.25) is 0 Å². The van der Waals surface area contributed by atoms with E-state index in [1.807, 2.05) is 0 Å². The van der Waals surface area contributed by atoms with E-state index in [0.29, 0.717) is 10.9 Å². The lowest BCUT2D eigenvalue weighted by atomic mass is 10.0. The van der Waals surface area contributed by atoms with Crippen LogP contribution in [0.1, 0.15) is 0 Å². The Balaban J connectivity index is 2.44. The van der Waals surface area contributed by atoms with Crippen molar-refractivity contribution in [1.82, 2.24) is 4.57 Å². The molecule has 0 aliphatic rings. The van der Waals surface area contributed by atoms with Crippen LogP contribution in [-0.4, -0.2) is 4.57 Å². The number of fused-ring (bicyclic) bond motifs is 1. The fraction of sp³-hybridized carbons (Fsp3) is 0.0667. The topological polar surface area (TPSA) is 4.93 Å². The van der Waals surface area contributed by atoms with Crippen LogP contribution in [0, 0.1) is 23.3 Å². The van der Waals surface area contributed by atoms with Gasteiger partial charge in [-0.15, -0.1) is 0 Å². The van der Waals surface area contributed by atoms with Crippen LogP contribution in [0.5, 0.6) is 0 Å². The predicted octanol–water partition coefficient (Wildman–Crippen LogP) is 5.16. The summed E-state index contributed by atoms with van der Waals surface area (Å²) < 4.78 is 56.4. The summed E-state index contributed by atoms with van der Waals surface area (Å²) in [6.45, 7) is 0. The Kier molecular flexibility index (Phi) is 3.28. The maximum atomic E-state index is 14.1. The zero-order chi connectivity index (χ0) is 15.3. The zero-order valence-electron chi connectivity index (χ0n) is 10.7. The second-order valence-corrected chi connectivity index (χ2v) is 5.41. The summed E-state index contributed by atoms with van der Waals surface area (Å²) in [7, 11) is 1.69. The third kappa shape index (κ3) is 1.97. The fourth-order valence-electron chi connectivity index (χ4n) is 2.38. The number of hydrogen-bond donors (Lipinski definition) is 0. The number of halogens is 5. The first-order valence-corrected chi connectivity index (χ1v) is 6.78. The number of hydrogen-bond acceptors (Lipinski definition) is 0. The van der Waals surface area contributed by atoms with Crippen molar-refractivity contribution in [2.24, 2.45) is 7.05 Å². The second-order valence-electron chi connectivity index (χ2n) is 4.62. The monoisotopic (exact) mass is 357 g/mol. The van der Waals surface area contributed by atoms with Crippen LogP contribution in [0.15, 0.2) is 34.9 Å². The molecule has 1 nitrogen and oxygen atoms in total. The van der Waals surface area contributed by atoms with Gasteiger partial charge in [-0.1, -0.05) is 18.2 Å². The molecule has 0 fully saturated rings. The molecular formula is C15H8BrF4N. The Morgan fingerprint density at radius 3 is 2.10 bits per heavy atom. The van der Waals surface area contributed by atoms with Gasteiger partial charge in [0.05, 0.1) is 10.0 Å². The minimum absolute atomic E-state index is 0.105. The maximum Gasteiger partial charge on any atom is 0.176 e. The molecule has 0 radical (unpaired) electrons. The molecule has 21 heavy (non-hydrogen) atoms. The maximum absolute atomic E-state index is 14.1. The first-order valence-electron chi connectivity index (χ1n) is 5.99. The van der Waals surface area contributed by atoms with Crippen LogP contribution in [-0.2, 0) is 7.05 Å². The number of nitrogens with zero attached hydrogens (tertiary/aromatic N) is 1. The van der Waals surface area contributed by atoms with Gasteiger partial charge in [0.25, 0.3) is 0 Å². The van der Waals surface area contributed by atoms with Crippen LogP contribution in [0.4, 0.5) is 17.6 Å². The molecule has 3 rings (SSSR count). The van der Waals surface area contributed by atoms with E-state index >= 15 is 0 Å². The number of para-hydroxylation sites is 1. The highest BCUT2D eigenvalue weighted by atomic mass is 79.9. The number of aromatic nitrogens is 1. The SMILES string of the molecule is Cn1cc(-c2c(F)c(F)c(Br)c(F)c2F)c2ccccc21. The van der Waals surface area contributed by atoms with E-state index in [1.165, 1.54) is 6.20 Å². The Labute approximate surface area is 125 Å². The summed E-state index contributed by atoms with van der Waals surface area (Å²) >= 11 is 2.51. The molecule has 0 saturated heterocycles. The molecule has 0 unspecified atom stereocenters. The Hall–Kier alpha value is -1.82. The van der Waals surface area contributed by atoms with Gasteiger partial charge in [-0.25, -0.2) is 17.6 Å². The van der Waals surface area contributed by atoms with E-state index in [-0.39, 0.29) is 5.56 Å². The molecule has 1 aromatic heterocycles. The van der Waals surface area contributed by atoms with E-state index < -0.39 is 33.3 Å². The molecule has 0 N–H and O–H groups in total. The lowest BCUT2D eigenvalue weighted by molar-refractivity contribution is 0.451. The zero-order valence-corrected chi connectivity index (χ0v) is 12.3. The standard InChI is InChI=1S/C15H8BrF4N/c1-21-6-8(7-4-2-3-5-9(7)21)10-12(17)14(19)11(16)15(20)13(10)18/h2-6H,1H3. The predicted molar refractivity (Wildman–Crippen MR) is 75.9 cm³/mol. The average Bonchev–Trinajstić information content (AvgIpc) is 2.81. The molecule has 3 aromatic rings. The normalized spacial score (nSPS) is 11.3. The molecule has 0 aliphatic carbocycles. The summed E-state index contributed by atoms with van der Waals surface area (Å²) in [5.41, 5.74) is 0.105. The van der Waals surface area contributed by atoms with E-state index in [9.17, 15) is 17.6 Å². The van der Waals surface area contributed by atoms with Crippen LogP contribution in [0.3, 0.4) is 0 Å². The van der Waals surface area contributed by atoms with Crippen molar-refractivity contribution in [2.45, 2.75) is 0 Å². The lowest BCUT2D eigenvalue weighted by Crippen LogP contribution is -2.00. The first-order chi connectivity index (χ1) is 9.93. The molecule has 1 heterocycles. The average molecular weight is 358 g/mol. The Bertz CT molecular complexity index is 841. The third-order valence-electron chi connectivity index (χ3n) is 3.38. The highest BCUT2D eigenvalue weighted by molar-refractivity contribution is 9.10. The van der Waals surface area contributed by atoms with Gasteiger partial charge < -0.3 is 4.57 Å². The highest BCUT2D eigenvalue weighted by Crippen LogP contribution is 2.38. The van der Waals surface area contributed by atoms with Gasteiger partial charge in [0.2, 0.25) is 0 Å². The molecule has 0 aliphatic heterocycles. The van der Waals surface area contributed by atoms with Crippen LogP contribution >= 0.6 is 15.9 Å². The quantitative estimate of drug-likeness (QED) is 0.322. The molecule has 0 atom stereocenters. The first kappa shape index (κ1) is 14.1.